The molecule has 0 saturated carbocycles. The summed E-state index contributed by atoms with van der Waals surface area (Å²) in [5, 5.41) is 8.70. The molecule has 24 heavy (non-hydrogen) atoms. The molecule has 0 saturated heterocycles. The Hall–Kier alpha value is -0.930. The van der Waals surface area contributed by atoms with Gasteiger partial charge in [-0.3, -0.25) is 0 Å². The van der Waals surface area contributed by atoms with Gasteiger partial charge in [0.25, 0.3) is 0 Å². The van der Waals surface area contributed by atoms with Crippen LogP contribution in [0, 0.1) is 24.0 Å². The van der Waals surface area contributed by atoms with Crippen molar-refractivity contribution >= 4 is 28.0 Å². The molecular formula is C16H8N2Na2O3S. The van der Waals surface area contributed by atoms with E-state index in [1.807, 2.05) is 6.07 Å². The number of nitrogens with zero attached hydrogens (tertiary/aromatic N) is 2. The van der Waals surface area contributed by atoms with Crippen LogP contribution in [0.1, 0.15) is 16.7 Å². The van der Waals surface area contributed by atoms with Gasteiger partial charge in [0.15, 0.2) is 5.69 Å². The maximum Gasteiger partial charge on any atom is 1.00 e. The van der Waals surface area contributed by atoms with Crippen molar-refractivity contribution in [2.75, 3.05) is 0 Å². The first-order chi connectivity index (χ1) is 10.4. The van der Waals surface area contributed by atoms with Gasteiger partial charge in [-0.2, -0.15) is 5.56 Å². The molecule has 0 spiro atoms. The Balaban J connectivity index is 0.00000264. The van der Waals surface area contributed by atoms with Gasteiger partial charge in [0.2, 0.25) is 0 Å². The molecule has 0 amide bonds. The van der Waals surface area contributed by atoms with Gasteiger partial charge in [0.05, 0.1) is 11.5 Å². The van der Waals surface area contributed by atoms with Crippen LogP contribution in [0.15, 0.2) is 41.3 Å². The average Bonchev–Trinajstić information content (AvgIpc) is 2.52. The third-order valence-corrected chi connectivity index (χ3v) is 3.70. The molecule has 0 fully saturated rings. The molecule has 0 N–H and O–H groups in total. The van der Waals surface area contributed by atoms with Crippen molar-refractivity contribution in [1.29, 1.82) is 5.26 Å². The van der Waals surface area contributed by atoms with Crippen LogP contribution in [0.3, 0.4) is 0 Å². The van der Waals surface area contributed by atoms with Crippen molar-refractivity contribution in [3.63, 3.8) is 0 Å². The molecule has 0 aliphatic carbocycles. The number of nitriles is 1. The van der Waals surface area contributed by atoms with E-state index < -0.39 is 15.0 Å². The van der Waals surface area contributed by atoms with Gasteiger partial charge in [-0.05, 0) is 17.2 Å². The molecule has 2 aromatic rings. The van der Waals surface area contributed by atoms with Gasteiger partial charge >= 0.3 is 59.1 Å². The van der Waals surface area contributed by atoms with Crippen LogP contribution in [-0.2, 0) is 10.1 Å². The Labute approximate surface area is 185 Å². The summed E-state index contributed by atoms with van der Waals surface area (Å²) in [4.78, 5) is 2.67. The predicted molar refractivity (Wildman–Crippen MR) is 79.6 cm³/mol. The van der Waals surface area contributed by atoms with Gasteiger partial charge < -0.3 is 4.55 Å². The maximum absolute atomic E-state index is 11.3. The zero-order valence-corrected chi connectivity index (χ0v) is 18.0. The predicted octanol–water partition coefficient (Wildman–Crippen LogP) is -3.01. The second-order valence-corrected chi connectivity index (χ2v) is 5.61. The van der Waals surface area contributed by atoms with Crippen LogP contribution in [0.2, 0.25) is 0 Å². The van der Waals surface area contributed by atoms with Gasteiger partial charge in [-0.15, -0.1) is 30.3 Å². The van der Waals surface area contributed by atoms with E-state index in [-0.39, 0.29) is 70.4 Å². The molecule has 5 nitrogen and oxygen atoms in total. The number of rotatable bonds is 3. The molecule has 0 heterocycles. The SMILES string of the molecule is [C-]#[N+]c1ccc(/C=C/c2[c-]cc(C#N)cc2)c(S(=O)(=O)[O-])c1.[Na+].[Na+]. The molecule has 0 atom stereocenters. The molecule has 2 rings (SSSR count). The summed E-state index contributed by atoms with van der Waals surface area (Å²) < 4.78 is 33.8. The van der Waals surface area contributed by atoms with Gasteiger partial charge in [-0.25, -0.2) is 18.5 Å². The minimum Gasteiger partial charge on any atom is -0.744 e. The first-order valence-corrected chi connectivity index (χ1v) is 7.42. The number of benzene rings is 2. The smallest absolute Gasteiger partial charge is 0.744 e. The quantitative estimate of drug-likeness (QED) is 0.254. The van der Waals surface area contributed by atoms with Gasteiger partial charge in [0, 0.05) is 6.07 Å². The Morgan fingerprint density at radius 3 is 2.42 bits per heavy atom. The van der Waals surface area contributed by atoms with E-state index in [0.29, 0.717) is 11.1 Å². The van der Waals surface area contributed by atoms with Crippen LogP contribution in [-0.4, -0.2) is 13.0 Å². The minimum atomic E-state index is -4.68. The fourth-order valence-corrected chi connectivity index (χ4v) is 2.43. The molecule has 0 aromatic heterocycles. The summed E-state index contributed by atoms with van der Waals surface area (Å²) in [5.74, 6) is 0. The first-order valence-electron chi connectivity index (χ1n) is 6.01. The van der Waals surface area contributed by atoms with Crippen LogP contribution in [0.5, 0.6) is 0 Å². The topological polar surface area (TPSA) is 85.3 Å². The Morgan fingerprint density at radius 1 is 1.21 bits per heavy atom. The van der Waals surface area contributed by atoms with Gasteiger partial charge in [0.1, 0.15) is 10.1 Å². The summed E-state index contributed by atoms with van der Waals surface area (Å²) in [6, 6.07) is 13.5. The van der Waals surface area contributed by atoms with Crippen LogP contribution in [0.25, 0.3) is 17.0 Å². The average molecular weight is 354 g/mol. The molecule has 8 heteroatoms. The van der Waals surface area contributed by atoms with Crippen molar-refractivity contribution < 1.29 is 72.1 Å². The van der Waals surface area contributed by atoms with E-state index in [1.54, 1.807) is 18.2 Å². The summed E-state index contributed by atoms with van der Waals surface area (Å²) in [7, 11) is -4.68. The fraction of sp³-hybridized carbons (Fsp3) is 0. The Morgan fingerprint density at radius 2 is 1.92 bits per heavy atom. The van der Waals surface area contributed by atoms with E-state index in [2.05, 4.69) is 10.9 Å². The third kappa shape index (κ3) is 6.18. The van der Waals surface area contributed by atoms with Crippen molar-refractivity contribution in [2.45, 2.75) is 4.90 Å². The summed E-state index contributed by atoms with van der Waals surface area (Å²) in [6.45, 7) is 6.87. The van der Waals surface area contributed by atoms with E-state index >= 15 is 0 Å². The fourth-order valence-electron chi connectivity index (χ4n) is 1.74. The van der Waals surface area contributed by atoms with Crippen LogP contribution < -0.4 is 59.1 Å². The largest absolute Gasteiger partial charge is 1.00 e. The molecule has 0 radical (unpaired) electrons. The zero-order chi connectivity index (χ0) is 16.2. The Kier molecular flexibility index (Phi) is 9.76. The van der Waals surface area contributed by atoms with Crippen molar-refractivity contribution in [2.24, 2.45) is 0 Å². The molecule has 108 valence electrons. The van der Waals surface area contributed by atoms with Crippen molar-refractivity contribution in [3.05, 3.63) is 70.6 Å². The number of hydrogen-bond donors (Lipinski definition) is 0. The zero-order valence-electron chi connectivity index (χ0n) is 13.1. The standard InChI is InChI=1S/C16H9N2O3S.2Na/c1-18-15-9-8-14(16(10-15)22(19,20)21)7-6-12-2-4-13(11-17)5-3-12;;/h2,4-10H,(H,19,20,21);;/q-1;2*+1/p-1/b7-6+;;. The molecule has 0 unspecified atom stereocenters. The normalized spacial score (nSPS) is 10.1. The second kappa shape index (κ2) is 10.1. The molecule has 0 aliphatic heterocycles. The number of hydrogen-bond acceptors (Lipinski definition) is 4. The van der Waals surface area contributed by atoms with E-state index in [9.17, 15) is 13.0 Å². The van der Waals surface area contributed by atoms with E-state index in [1.165, 1.54) is 24.3 Å². The molecular weight excluding hydrogens is 346 g/mol. The molecule has 2 aromatic carbocycles. The second-order valence-electron chi connectivity index (χ2n) is 4.27. The van der Waals surface area contributed by atoms with E-state index in [0.717, 1.165) is 6.07 Å². The third-order valence-electron chi connectivity index (χ3n) is 2.80. The van der Waals surface area contributed by atoms with Crippen molar-refractivity contribution in [1.82, 2.24) is 0 Å². The van der Waals surface area contributed by atoms with Gasteiger partial charge in [-0.1, -0.05) is 18.2 Å². The maximum atomic E-state index is 11.3. The first kappa shape index (κ1) is 23.1. The monoisotopic (exact) mass is 354 g/mol. The van der Waals surface area contributed by atoms with E-state index in [4.69, 9.17) is 11.8 Å². The summed E-state index contributed by atoms with van der Waals surface area (Å²) >= 11 is 0. The molecule has 0 bridgehead atoms. The van der Waals surface area contributed by atoms with Crippen LogP contribution in [0.4, 0.5) is 5.69 Å². The minimum absolute atomic E-state index is 0. The summed E-state index contributed by atoms with van der Waals surface area (Å²) in [6.07, 6.45) is 3.03. The summed E-state index contributed by atoms with van der Waals surface area (Å²) in [5.41, 5.74) is 1.36. The molecule has 0 aliphatic rings. The Bertz CT molecular complexity index is 925. The van der Waals surface area contributed by atoms with Crippen molar-refractivity contribution in [3.8, 4) is 6.07 Å². The van der Waals surface area contributed by atoms with Crippen LogP contribution >= 0.6 is 0 Å².